The molecule has 0 radical (unpaired) electrons. The van der Waals surface area contributed by atoms with Gasteiger partial charge in [0.05, 0.1) is 5.52 Å². The van der Waals surface area contributed by atoms with Crippen molar-refractivity contribution in [3.8, 4) is 0 Å². The van der Waals surface area contributed by atoms with Crippen LogP contribution in [0.1, 0.15) is 18.9 Å². The van der Waals surface area contributed by atoms with Gasteiger partial charge >= 0.3 is 5.97 Å². The van der Waals surface area contributed by atoms with Gasteiger partial charge in [-0.3, -0.25) is 19.1 Å². The first-order valence-corrected chi connectivity index (χ1v) is 7.55. The van der Waals surface area contributed by atoms with Crippen LogP contribution >= 0.6 is 0 Å². The van der Waals surface area contributed by atoms with Crippen LogP contribution in [0.2, 0.25) is 0 Å². The monoisotopic (exact) mass is 332 g/mol. The third-order valence-corrected chi connectivity index (χ3v) is 3.63. The Kier molecular flexibility index (Phi) is 5.41. The van der Waals surface area contributed by atoms with Gasteiger partial charge in [-0.2, -0.15) is 0 Å². The Morgan fingerprint density at radius 3 is 2.67 bits per heavy atom. The Labute approximate surface area is 138 Å². The summed E-state index contributed by atoms with van der Waals surface area (Å²) in [7, 11) is 0. The SMILES string of the molecule is CCC(=O)N[C@@H](Cc1cn(N)c2ccccc12)C(=O)NCC(=O)O. The van der Waals surface area contributed by atoms with Crippen molar-refractivity contribution >= 4 is 28.7 Å². The van der Waals surface area contributed by atoms with Crippen LogP contribution in [0.25, 0.3) is 10.9 Å². The quantitative estimate of drug-likeness (QED) is 0.531. The fraction of sp³-hybridized carbons (Fsp3) is 0.312. The number of nitrogen functional groups attached to an aromatic ring is 1. The van der Waals surface area contributed by atoms with Crippen molar-refractivity contribution in [1.82, 2.24) is 15.3 Å². The molecule has 1 atom stereocenters. The normalized spacial score (nSPS) is 11.9. The first kappa shape index (κ1) is 17.3. The smallest absolute Gasteiger partial charge is 0.322 e. The molecule has 0 spiro atoms. The molecule has 2 aromatic rings. The number of benzene rings is 1. The van der Waals surface area contributed by atoms with E-state index in [1.165, 1.54) is 4.68 Å². The number of rotatable bonds is 7. The Hall–Kier alpha value is -3.03. The number of hydrogen-bond donors (Lipinski definition) is 4. The standard InChI is InChI=1S/C16H20N4O4/c1-2-14(21)19-12(16(24)18-8-15(22)23)7-10-9-20(17)13-6-4-3-5-11(10)13/h3-6,9,12H,2,7-8,17H2,1H3,(H,18,24)(H,19,21)(H,22,23)/t12-/m0/s1. The molecule has 0 fully saturated rings. The summed E-state index contributed by atoms with van der Waals surface area (Å²) in [6.07, 6.45) is 2.13. The van der Waals surface area contributed by atoms with E-state index in [9.17, 15) is 14.4 Å². The molecule has 0 saturated heterocycles. The maximum atomic E-state index is 12.2. The van der Waals surface area contributed by atoms with E-state index < -0.39 is 24.5 Å². The zero-order valence-corrected chi connectivity index (χ0v) is 13.3. The molecule has 2 rings (SSSR count). The molecule has 5 N–H and O–H groups in total. The molecular formula is C16H20N4O4. The van der Waals surface area contributed by atoms with Gasteiger partial charge in [0.2, 0.25) is 11.8 Å². The van der Waals surface area contributed by atoms with Gasteiger partial charge < -0.3 is 21.6 Å². The number of nitrogens with zero attached hydrogens (tertiary/aromatic N) is 1. The molecule has 0 bridgehead atoms. The number of nitrogens with one attached hydrogen (secondary N) is 2. The number of para-hydroxylation sites is 1. The van der Waals surface area contributed by atoms with E-state index in [1.54, 1.807) is 13.1 Å². The Morgan fingerprint density at radius 2 is 2.00 bits per heavy atom. The fourth-order valence-corrected chi connectivity index (χ4v) is 2.45. The maximum Gasteiger partial charge on any atom is 0.322 e. The highest BCUT2D eigenvalue weighted by molar-refractivity contribution is 5.91. The summed E-state index contributed by atoms with van der Waals surface area (Å²) < 4.78 is 1.46. The third-order valence-electron chi connectivity index (χ3n) is 3.63. The first-order chi connectivity index (χ1) is 11.4. The molecular weight excluding hydrogens is 312 g/mol. The van der Waals surface area contributed by atoms with Crippen molar-refractivity contribution in [3.63, 3.8) is 0 Å². The van der Waals surface area contributed by atoms with Crippen LogP contribution in [0, 0.1) is 0 Å². The zero-order chi connectivity index (χ0) is 17.7. The predicted octanol–water partition coefficient (Wildman–Crippen LogP) is -0.00680. The molecule has 8 nitrogen and oxygen atoms in total. The minimum Gasteiger partial charge on any atom is -0.480 e. The van der Waals surface area contributed by atoms with Crippen molar-refractivity contribution in [3.05, 3.63) is 36.0 Å². The van der Waals surface area contributed by atoms with Crippen LogP contribution in [0.3, 0.4) is 0 Å². The number of carbonyl (C=O) groups excluding carboxylic acids is 2. The van der Waals surface area contributed by atoms with Crippen LogP contribution in [-0.4, -0.2) is 40.2 Å². The largest absolute Gasteiger partial charge is 0.480 e. The number of aromatic nitrogens is 1. The number of carbonyl (C=O) groups is 3. The molecule has 1 aromatic heterocycles. The van der Waals surface area contributed by atoms with E-state index in [4.69, 9.17) is 10.9 Å². The van der Waals surface area contributed by atoms with E-state index >= 15 is 0 Å². The van der Waals surface area contributed by atoms with E-state index in [0.717, 1.165) is 16.5 Å². The Balaban J connectivity index is 2.24. The number of carboxylic acid groups (broad SMARTS) is 1. The maximum absolute atomic E-state index is 12.2. The molecule has 0 saturated carbocycles. The van der Waals surface area contributed by atoms with Gasteiger partial charge in [-0.05, 0) is 11.6 Å². The van der Waals surface area contributed by atoms with E-state index in [1.807, 2.05) is 24.3 Å². The van der Waals surface area contributed by atoms with Gasteiger partial charge in [0.25, 0.3) is 0 Å². The van der Waals surface area contributed by atoms with Gasteiger partial charge in [0.15, 0.2) is 0 Å². The third kappa shape index (κ3) is 4.03. The lowest BCUT2D eigenvalue weighted by molar-refractivity contribution is -0.138. The van der Waals surface area contributed by atoms with Crippen LogP contribution in [0.15, 0.2) is 30.5 Å². The summed E-state index contributed by atoms with van der Waals surface area (Å²) in [4.78, 5) is 34.5. The summed E-state index contributed by atoms with van der Waals surface area (Å²) >= 11 is 0. The summed E-state index contributed by atoms with van der Waals surface area (Å²) in [5.74, 6) is 3.92. The lowest BCUT2D eigenvalue weighted by atomic mass is 10.0. The molecule has 1 aromatic carbocycles. The molecule has 24 heavy (non-hydrogen) atoms. The number of amides is 2. The van der Waals surface area contributed by atoms with Crippen molar-refractivity contribution in [1.29, 1.82) is 0 Å². The zero-order valence-electron chi connectivity index (χ0n) is 13.3. The van der Waals surface area contributed by atoms with Gasteiger partial charge in [0, 0.05) is 24.4 Å². The molecule has 128 valence electrons. The molecule has 2 amide bonds. The van der Waals surface area contributed by atoms with Crippen molar-refractivity contribution < 1.29 is 19.5 Å². The molecule has 0 aliphatic heterocycles. The van der Waals surface area contributed by atoms with Gasteiger partial charge in [-0.15, -0.1) is 0 Å². The van der Waals surface area contributed by atoms with Crippen molar-refractivity contribution in [2.24, 2.45) is 0 Å². The number of nitrogens with two attached hydrogens (primary N) is 1. The second-order valence-corrected chi connectivity index (χ2v) is 5.37. The highest BCUT2D eigenvalue weighted by atomic mass is 16.4. The Morgan fingerprint density at radius 1 is 1.29 bits per heavy atom. The minimum absolute atomic E-state index is 0.210. The summed E-state index contributed by atoms with van der Waals surface area (Å²) in [5, 5.41) is 14.5. The Bertz CT molecular complexity index is 769. The van der Waals surface area contributed by atoms with Crippen LogP contribution in [-0.2, 0) is 20.8 Å². The molecule has 1 heterocycles. The highest BCUT2D eigenvalue weighted by Gasteiger charge is 2.23. The number of fused-ring (bicyclic) bond motifs is 1. The summed E-state index contributed by atoms with van der Waals surface area (Å²) in [6.45, 7) is 1.17. The second-order valence-electron chi connectivity index (χ2n) is 5.37. The lowest BCUT2D eigenvalue weighted by Gasteiger charge is -2.17. The number of carboxylic acids is 1. The van der Waals surface area contributed by atoms with Crippen LogP contribution in [0.4, 0.5) is 0 Å². The minimum atomic E-state index is -1.15. The first-order valence-electron chi connectivity index (χ1n) is 7.55. The average Bonchev–Trinajstić information content (AvgIpc) is 2.88. The van der Waals surface area contributed by atoms with Crippen molar-refractivity contribution in [2.75, 3.05) is 12.4 Å². The average molecular weight is 332 g/mol. The lowest BCUT2D eigenvalue weighted by Crippen LogP contribution is -2.48. The number of hydrogen-bond acceptors (Lipinski definition) is 4. The molecule has 0 aliphatic carbocycles. The highest BCUT2D eigenvalue weighted by Crippen LogP contribution is 2.20. The van der Waals surface area contributed by atoms with Gasteiger partial charge in [0.1, 0.15) is 12.6 Å². The fourth-order valence-electron chi connectivity index (χ4n) is 2.45. The molecule has 0 unspecified atom stereocenters. The molecule has 0 aliphatic rings. The van der Waals surface area contributed by atoms with E-state index in [0.29, 0.717) is 0 Å². The summed E-state index contributed by atoms with van der Waals surface area (Å²) in [5.41, 5.74) is 1.60. The second kappa shape index (κ2) is 7.49. The number of aliphatic carboxylic acids is 1. The van der Waals surface area contributed by atoms with Crippen LogP contribution in [0.5, 0.6) is 0 Å². The molecule has 8 heteroatoms. The van der Waals surface area contributed by atoms with Gasteiger partial charge in [-0.1, -0.05) is 25.1 Å². The van der Waals surface area contributed by atoms with Gasteiger partial charge in [-0.25, -0.2) is 0 Å². The van der Waals surface area contributed by atoms with Crippen molar-refractivity contribution in [2.45, 2.75) is 25.8 Å². The van der Waals surface area contributed by atoms with E-state index in [2.05, 4.69) is 10.6 Å². The predicted molar refractivity (Wildman–Crippen MR) is 88.7 cm³/mol. The van der Waals surface area contributed by atoms with E-state index in [-0.39, 0.29) is 18.7 Å². The topological polar surface area (TPSA) is 126 Å². The van der Waals surface area contributed by atoms with Crippen LogP contribution < -0.4 is 16.5 Å². The summed E-state index contributed by atoms with van der Waals surface area (Å²) in [6, 6.07) is 6.56.